The Bertz CT molecular complexity index is 983. The van der Waals surface area contributed by atoms with Crippen LogP contribution in [0.25, 0.3) is 0 Å². The molecule has 2 N–H and O–H groups in total. The first kappa shape index (κ1) is 21.0. The van der Waals surface area contributed by atoms with Gasteiger partial charge in [-0.3, -0.25) is 9.52 Å². The zero-order valence-corrected chi connectivity index (χ0v) is 17.6. The number of carbonyl (C=O) groups is 1. The molecule has 3 rings (SSSR count). The lowest BCUT2D eigenvalue weighted by molar-refractivity contribution is -0.123. The Morgan fingerprint density at radius 2 is 1.69 bits per heavy atom. The number of ether oxygens (including phenoxy) is 2. The number of methoxy groups -OCH3 is 2. The summed E-state index contributed by atoms with van der Waals surface area (Å²) in [5.41, 5.74) is 0.851. The molecule has 2 aromatic rings. The van der Waals surface area contributed by atoms with Crippen molar-refractivity contribution in [2.75, 3.05) is 25.5 Å². The van der Waals surface area contributed by atoms with E-state index < -0.39 is 15.4 Å². The van der Waals surface area contributed by atoms with Crippen LogP contribution in [-0.4, -0.2) is 35.1 Å². The molecule has 2 aromatic carbocycles. The van der Waals surface area contributed by atoms with Crippen LogP contribution in [0.1, 0.15) is 31.7 Å². The number of carbonyl (C=O) groups excluding carboxylic acids is 1. The van der Waals surface area contributed by atoms with Crippen LogP contribution in [0.2, 0.25) is 0 Å². The fourth-order valence-electron chi connectivity index (χ4n) is 3.23. The van der Waals surface area contributed by atoms with Crippen LogP contribution in [0, 0.1) is 0 Å². The first-order chi connectivity index (χ1) is 13.9. The Balaban J connectivity index is 1.76. The number of amides is 1. The molecule has 0 saturated heterocycles. The molecule has 0 heterocycles. The van der Waals surface area contributed by atoms with E-state index in [1.807, 2.05) is 19.1 Å². The monoisotopic (exact) mass is 418 g/mol. The average Bonchev–Trinajstić information content (AvgIpc) is 3.53. The van der Waals surface area contributed by atoms with Crippen molar-refractivity contribution < 1.29 is 22.7 Å². The van der Waals surface area contributed by atoms with Gasteiger partial charge in [0.1, 0.15) is 0 Å². The molecule has 0 radical (unpaired) electrons. The third kappa shape index (κ3) is 4.32. The molecule has 0 aromatic heterocycles. The van der Waals surface area contributed by atoms with Gasteiger partial charge in [-0.05, 0) is 49.1 Å². The van der Waals surface area contributed by atoms with E-state index in [1.165, 1.54) is 26.4 Å². The molecular weight excluding hydrogens is 392 g/mol. The molecule has 1 saturated carbocycles. The first-order valence-electron chi connectivity index (χ1n) is 9.50. The lowest BCUT2D eigenvalue weighted by Gasteiger charge is -2.16. The molecule has 0 spiro atoms. The normalized spacial score (nSPS) is 14.7. The second-order valence-corrected chi connectivity index (χ2v) is 8.72. The van der Waals surface area contributed by atoms with Gasteiger partial charge in [-0.1, -0.05) is 19.1 Å². The van der Waals surface area contributed by atoms with Gasteiger partial charge >= 0.3 is 0 Å². The van der Waals surface area contributed by atoms with Crippen molar-refractivity contribution in [3.63, 3.8) is 0 Å². The second-order valence-electron chi connectivity index (χ2n) is 7.04. The Kier molecular flexibility index (Phi) is 6.02. The van der Waals surface area contributed by atoms with Crippen LogP contribution in [0.15, 0.2) is 47.4 Å². The van der Waals surface area contributed by atoms with Gasteiger partial charge in [-0.15, -0.1) is 0 Å². The summed E-state index contributed by atoms with van der Waals surface area (Å²) in [6.45, 7) is 2.67. The van der Waals surface area contributed by atoms with E-state index in [2.05, 4.69) is 10.0 Å². The molecule has 1 fully saturated rings. The van der Waals surface area contributed by atoms with E-state index in [1.54, 1.807) is 18.2 Å². The molecule has 0 bridgehead atoms. The number of hydrogen-bond donors (Lipinski definition) is 2. The Morgan fingerprint density at radius 1 is 1.03 bits per heavy atom. The maximum Gasteiger partial charge on any atom is 0.262 e. The summed E-state index contributed by atoms with van der Waals surface area (Å²) in [7, 11) is -0.861. The highest BCUT2D eigenvalue weighted by molar-refractivity contribution is 7.92. The smallest absolute Gasteiger partial charge is 0.262 e. The van der Waals surface area contributed by atoms with Gasteiger partial charge in [-0.2, -0.15) is 0 Å². The quantitative estimate of drug-likeness (QED) is 0.653. The maximum absolute atomic E-state index is 12.7. The molecule has 1 aliphatic carbocycles. The lowest BCUT2D eigenvalue weighted by Crippen LogP contribution is -2.35. The molecule has 156 valence electrons. The molecular formula is C21H26N2O5S. The number of nitrogens with one attached hydrogen (secondary N) is 2. The van der Waals surface area contributed by atoms with Crippen molar-refractivity contribution in [2.45, 2.75) is 36.5 Å². The highest BCUT2D eigenvalue weighted by Gasteiger charge is 2.50. The number of hydrogen-bond acceptors (Lipinski definition) is 5. The summed E-state index contributed by atoms with van der Waals surface area (Å²) < 4.78 is 38.3. The summed E-state index contributed by atoms with van der Waals surface area (Å²) in [6, 6.07) is 11.4. The van der Waals surface area contributed by atoms with Crippen LogP contribution >= 0.6 is 0 Å². The number of benzene rings is 2. The summed E-state index contributed by atoms with van der Waals surface area (Å²) in [5.74, 6) is 0.824. The van der Waals surface area contributed by atoms with E-state index >= 15 is 0 Å². The molecule has 8 heteroatoms. The van der Waals surface area contributed by atoms with Crippen molar-refractivity contribution in [1.82, 2.24) is 5.32 Å². The van der Waals surface area contributed by atoms with Crippen LogP contribution < -0.4 is 19.5 Å². The van der Waals surface area contributed by atoms with E-state index in [4.69, 9.17) is 9.47 Å². The molecule has 0 aliphatic heterocycles. The van der Waals surface area contributed by atoms with Crippen LogP contribution in [-0.2, 0) is 20.2 Å². The van der Waals surface area contributed by atoms with Crippen molar-refractivity contribution in [1.29, 1.82) is 0 Å². The van der Waals surface area contributed by atoms with E-state index in [0.29, 0.717) is 23.7 Å². The van der Waals surface area contributed by atoms with Crippen molar-refractivity contribution in [2.24, 2.45) is 0 Å². The van der Waals surface area contributed by atoms with Gasteiger partial charge < -0.3 is 14.8 Å². The van der Waals surface area contributed by atoms with Gasteiger partial charge in [0.25, 0.3) is 10.0 Å². The zero-order valence-electron chi connectivity index (χ0n) is 16.8. The maximum atomic E-state index is 12.7. The Morgan fingerprint density at radius 3 is 2.24 bits per heavy atom. The van der Waals surface area contributed by atoms with Crippen molar-refractivity contribution >= 4 is 21.6 Å². The van der Waals surface area contributed by atoms with Crippen LogP contribution in [0.3, 0.4) is 0 Å². The SMILES string of the molecule is CCCNC(=O)C1(c2ccc(NS(=O)(=O)c3ccc(OC)c(OC)c3)cc2)CC1. The van der Waals surface area contributed by atoms with E-state index in [9.17, 15) is 13.2 Å². The molecule has 7 nitrogen and oxygen atoms in total. The average molecular weight is 419 g/mol. The van der Waals surface area contributed by atoms with Gasteiger partial charge in [0.15, 0.2) is 11.5 Å². The highest BCUT2D eigenvalue weighted by Crippen LogP contribution is 2.48. The second kappa shape index (κ2) is 8.32. The largest absolute Gasteiger partial charge is 0.493 e. The molecule has 1 aliphatic rings. The van der Waals surface area contributed by atoms with Crippen LogP contribution in [0.5, 0.6) is 11.5 Å². The van der Waals surface area contributed by atoms with Crippen molar-refractivity contribution in [3.8, 4) is 11.5 Å². The van der Waals surface area contributed by atoms with Gasteiger partial charge in [0.2, 0.25) is 5.91 Å². The summed E-state index contributed by atoms with van der Waals surface area (Å²) >= 11 is 0. The van der Waals surface area contributed by atoms with Gasteiger partial charge in [0.05, 0.1) is 24.5 Å². The van der Waals surface area contributed by atoms with E-state index in [-0.39, 0.29) is 10.8 Å². The van der Waals surface area contributed by atoms with Gasteiger partial charge in [-0.25, -0.2) is 8.42 Å². The first-order valence-corrected chi connectivity index (χ1v) is 11.0. The minimum Gasteiger partial charge on any atom is -0.493 e. The Hall–Kier alpha value is -2.74. The molecule has 1 amide bonds. The van der Waals surface area contributed by atoms with Crippen LogP contribution in [0.4, 0.5) is 5.69 Å². The van der Waals surface area contributed by atoms with Gasteiger partial charge in [0, 0.05) is 18.3 Å². The predicted molar refractivity (Wildman–Crippen MR) is 111 cm³/mol. The fraction of sp³-hybridized carbons (Fsp3) is 0.381. The topological polar surface area (TPSA) is 93.7 Å². The number of sulfonamides is 1. The lowest BCUT2D eigenvalue weighted by atomic mass is 9.95. The minimum absolute atomic E-state index is 0.0398. The predicted octanol–water partition coefficient (Wildman–Crippen LogP) is 3.06. The fourth-order valence-corrected chi connectivity index (χ4v) is 4.31. The summed E-state index contributed by atoms with van der Waals surface area (Å²) in [4.78, 5) is 12.5. The van der Waals surface area contributed by atoms with Crippen molar-refractivity contribution in [3.05, 3.63) is 48.0 Å². The third-order valence-electron chi connectivity index (χ3n) is 5.08. The number of anilines is 1. The molecule has 0 atom stereocenters. The Labute approximate surface area is 171 Å². The van der Waals surface area contributed by atoms with E-state index in [0.717, 1.165) is 24.8 Å². The molecule has 29 heavy (non-hydrogen) atoms. The zero-order chi connectivity index (χ0) is 21.1. The molecule has 0 unspecified atom stereocenters. The summed E-state index contributed by atoms with van der Waals surface area (Å²) in [5, 5.41) is 2.96. The standard InChI is InChI=1S/C21H26N2O5S/c1-4-13-22-20(24)21(11-12-21)15-5-7-16(8-6-15)23-29(25,26)17-9-10-18(27-2)19(14-17)28-3/h5-10,14,23H,4,11-13H2,1-3H3,(H,22,24). The minimum atomic E-state index is -3.80. The number of rotatable bonds is 9. The highest BCUT2D eigenvalue weighted by atomic mass is 32.2. The summed E-state index contributed by atoms with van der Waals surface area (Å²) in [6.07, 6.45) is 2.50. The third-order valence-corrected chi connectivity index (χ3v) is 6.45.